The molecule has 194 valence electrons. The highest BCUT2D eigenvalue weighted by Gasteiger charge is 2.32. The molecule has 1 nitrogen and oxygen atoms in total. The van der Waals surface area contributed by atoms with E-state index in [0.717, 1.165) is 42.3 Å². The van der Waals surface area contributed by atoms with Crippen LogP contribution in [0.4, 0.5) is 22.0 Å². The molecule has 0 bridgehead atoms. The van der Waals surface area contributed by atoms with Crippen molar-refractivity contribution in [3.8, 4) is 5.75 Å². The number of benzene rings is 4. The first-order chi connectivity index (χ1) is 17.7. The van der Waals surface area contributed by atoms with E-state index in [0.29, 0.717) is 16.5 Å². The van der Waals surface area contributed by atoms with Crippen molar-refractivity contribution in [2.75, 3.05) is 0 Å². The van der Waals surface area contributed by atoms with Crippen LogP contribution >= 0.6 is 0 Å². The average molecular weight is 513 g/mol. The van der Waals surface area contributed by atoms with Gasteiger partial charge in [-0.1, -0.05) is 74.0 Å². The first kappa shape index (κ1) is 26.6. The summed E-state index contributed by atoms with van der Waals surface area (Å²) < 4.78 is 69.8. The van der Waals surface area contributed by atoms with E-state index in [1.54, 1.807) is 12.1 Å². The van der Waals surface area contributed by atoms with Crippen molar-refractivity contribution in [1.82, 2.24) is 0 Å². The minimum absolute atomic E-state index is 0.279. The number of aryl methyl sites for hydroxylation is 5. The Balaban J connectivity index is 1.39. The largest absolute Gasteiger partial charge is 0.573 e. The fourth-order valence-corrected chi connectivity index (χ4v) is 4.46. The molecule has 0 aliphatic rings. The standard InChI is InChI=1S/C31H29F5O/c1-2-3-4-21-5-7-22(8-6-21)9-10-23-12-17-27-26(19-23)16-15-25(30(27)33)14-11-24-13-18-29(28(32)20-24)37-31(34,35)36/h5-8,12-13,15-20H,2-4,9-11,14H2,1H3. The van der Waals surface area contributed by atoms with Crippen molar-refractivity contribution < 1.29 is 26.7 Å². The van der Waals surface area contributed by atoms with Crippen LogP contribution in [0, 0.1) is 11.6 Å². The molecule has 4 rings (SSSR count). The second-order valence-electron chi connectivity index (χ2n) is 9.33. The smallest absolute Gasteiger partial charge is 0.403 e. The zero-order valence-electron chi connectivity index (χ0n) is 20.7. The first-order valence-corrected chi connectivity index (χ1v) is 12.5. The lowest BCUT2D eigenvalue weighted by Gasteiger charge is -2.11. The van der Waals surface area contributed by atoms with Crippen LogP contribution < -0.4 is 4.74 Å². The predicted molar refractivity (Wildman–Crippen MR) is 137 cm³/mol. The highest BCUT2D eigenvalue weighted by molar-refractivity contribution is 5.84. The summed E-state index contributed by atoms with van der Waals surface area (Å²) in [5, 5.41) is 1.33. The van der Waals surface area contributed by atoms with Gasteiger partial charge in [0.05, 0.1) is 0 Å². The average Bonchev–Trinajstić information content (AvgIpc) is 2.87. The molecule has 4 aromatic rings. The SMILES string of the molecule is CCCCc1ccc(CCc2ccc3c(F)c(CCc4ccc(OC(F)(F)F)c(F)c4)ccc3c2)cc1. The second kappa shape index (κ2) is 11.8. The van der Waals surface area contributed by atoms with Gasteiger partial charge in [-0.15, -0.1) is 13.2 Å². The van der Waals surface area contributed by atoms with Crippen molar-refractivity contribution in [1.29, 1.82) is 0 Å². The Hall–Kier alpha value is -3.41. The maximum atomic E-state index is 15.2. The van der Waals surface area contributed by atoms with Crippen LogP contribution in [0.3, 0.4) is 0 Å². The highest BCUT2D eigenvalue weighted by atomic mass is 19.4. The number of unbranched alkanes of at least 4 members (excludes halogenated alkanes) is 1. The maximum absolute atomic E-state index is 15.2. The molecule has 0 unspecified atom stereocenters. The Kier molecular flexibility index (Phi) is 8.47. The van der Waals surface area contributed by atoms with Crippen LogP contribution in [0.1, 0.15) is 47.6 Å². The number of halogens is 5. The minimum atomic E-state index is -4.96. The van der Waals surface area contributed by atoms with Crippen LogP contribution in [0.25, 0.3) is 10.8 Å². The minimum Gasteiger partial charge on any atom is -0.403 e. The number of alkyl halides is 3. The van der Waals surface area contributed by atoms with Gasteiger partial charge >= 0.3 is 6.36 Å². The molecule has 6 heteroatoms. The van der Waals surface area contributed by atoms with E-state index in [-0.39, 0.29) is 18.7 Å². The van der Waals surface area contributed by atoms with Gasteiger partial charge < -0.3 is 4.74 Å². The molecule has 0 heterocycles. The van der Waals surface area contributed by atoms with Gasteiger partial charge in [-0.3, -0.25) is 0 Å². The fourth-order valence-electron chi connectivity index (χ4n) is 4.46. The van der Waals surface area contributed by atoms with Crippen LogP contribution in [-0.2, 0) is 32.1 Å². The third-order valence-electron chi connectivity index (χ3n) is 6.55. The first-order valence-electron chi connectivity index (χ1n) is 12.5. The Morgan fingerprint density at radius 3 is 1.92 bits per heavy atom. The number of hydrogen-bond acceptors (Lipinski definition) is 1. The Morgan fingerprint density at radius 2 is 1.24 bits per heavy atom. The lowest BCUT2D eigenvalue weighted by molar-refractivity contribution is -0.275. The number of fused-ring (bicyclic) bond motifs is 1. The van der Waals surface area contributed by atoms with Crippen LogP contribution in [-0.4, -0.2) is 6.36 Å². The molecule has 0 aliphatic carbocycles. The Labute approximate surface area is 213 Å². The summed E-state index contributed by atoms with van der Waals surface area (Å²) in [4.78, 5) is 0. The van der Waals surface area contributed by atoms with E-state index in [1.807, 2.05) is 18.2 Å². The topological polar surface area (TPSA) is 9.23 Å². The van der Waals surface area contributed by atoms with Gasteiger partial charge in [0, 0.05) is 5.39 Å². The highest BCUT2D eigenvalue weighted by Crippen LogP contribution is 2.28. The Bertz CT molecular complexity index is 1340. The molecule has 4 aromatic carbocycles. The van der Waals surface area contributed by atoms with Gasteiger partial charge in [-0.25, -0.2) is 8.78 Å². The molecule has 0 aliphatic heterocycles. The maximum Gasteiger partial charge on any atom is 0.573 e. The molecule has 0 saturated carbocycles. The summed E-state index contributed by atoms with van der Waals surface area (Å²) >= 11 is 0. The summed E-state index contributed by atoms with van der Waals surface area (Å²) in [6.45, 7) is 2.19. The summed E-state index contributed by atoms with van der Waals surface area (Å²) in [5.74, 6) is -2.31. The summed E-state index contributed by atoms with van der Waals surface area (Å²) in [7, 11) is 0. The lowest BCUT2D eigenvalue weighted by atomic mass is 9.97. The molecule has 0 fully saturated rings. The fraction of sp³-hybridized carbons (Fsp3) is 0.290. The Morgan fingerprint density at radius 1 is 0.649 bits per heavy atom. The monoisotopic (exact) mass is 512 g/mol. The molecule has 0 atom stereocenters. The van der Waals surface area contributed by atoms with Crippen molar-refractivity contribution >= 4 is 10.8 Å². The van der Waals surface area contributed by atoms with Gasteiger partial charge in [0.1, 0.15) is 5.82 Å². The second-order valence-corrected chi connectivity index (χ2v) is 9.33. The normalized spacial score (nSPS) is 11.7. The molecule has 0 N–H and O–H groups in total. The zero-order chi connectivity index (χ0) is 26.4. The predicted octanol–water partition coefficient (Wildman–Crippen LogP) is 8.93. The van der Waals surface area contributed by atoms with Crippen LogP contribution in [0.15, 0.2) is 72.8 Å². The zero-order valence-corrected chi connectivity index (χ0v) is 20.7. The van der Waals surface area contributed by atoms with Gasteiger partial charge in [0.15, 0.2) is 11.6 Å². The lowest BCUT2D eigenvalue weighted by Crippen LogP contribution is -2.18. The van der Waals surface area contributed by atoms with E-state index in [2.05, 4.69) is 35.9 Å². The summed E-state index contributed by atoms with van der Waals surface area (Å²) in [6, 6.07) is 21.4. The van der Waals surface area contributed by atoms with E-state index in [1.165, 1.54) is 30.0 Å². The van der Waals surface area contributed by atoms with Gasteiger partial charge in [-0.2, -0.15) is 0 Å². The van der Waals surface area contributed by atoms with Crippen LogP contribution in [0.2, 0.25) is 0 Å². The van der Waals surface area contributed by atoms with Gasteiger partial charge in [0.25, 0.3) is 0 Å². The van der Waals surface area contributed by atoms with E-state index < -0.39 is 17.9 Å². The number of rotatable bonds is 10. The van der Waals surface area contributed by atoms with Gasteiger partial charge in [0.2, 0.25) is 0 Å². The van der Waals surface area contributed by atoms with Crippen molar-refractivity contribution in [2.24, 2.45) is 0 Å². The molecular formula is C31H29F5O. The third-order valence-corrected chi connectivity index (χ3v) is 6.55. The summed E-state index contributed by atoms with van der Waals surface area (Å²) in [6.07, 6.45) is 0.852. The molecule has 0 spiro atoms. The quantitative estimate of drug-likeness (QED) is 0.193. The molecular weight excluding hydrogens is 483 g/mol. The molecule has 0 saturated heterocycles. The van der Waals surface area contributed by atoms with E-state index >= 15 is 4.39 Å². The molecule has 37 heavy (non-hydrogen) atoms. The van der Waals surface area contributed by atoms with Crippen molar-refractivity contribution in [3.63, 3.8) is 0 Å². The molecule has 0 amide bonds. The summed E-state index contributed by atoms with van der Waals surface area (Å²) in [5.41, 5.74) is 4.70. The van der Waals surface area contributed by atoms with Gasteiger partial charge in [-0.05, 0) is 83.9 Å². The van der Waals surface area contributed by atoms with E-state index in [4.69, 9.17) is 0 Å². The molecule has 0 aromatic heterocycles. The third kappa shape index (κ3) is 7.31. The van der Waals surface area contributed by atoms with Crippen LogP contribution in [0.5, 0.6) is 5.75 Å². The number of hydrogen-bond donors (Lipinski definition) is 0. The van der Waals surface area contributed by atoms with Crippen molar-refractivity contribution in [2.45, 2.75) is 58.2 Å². The van der Waals surface area contributed by atoms with E-state index in [9.17, 15) is 17.6 Å². The van der Waals surface area contributed by atoms with Crippen molar-refractivity contribution in [3.05, 3.63) is 112 Å². The molecule has 0 radical (unpaired) electrons. The number of ether oxygens (including phenoxy) is 1.